The van der Waals surface area contributed by atoms with Gasteiger partial charge in [-0.2, -0.15) is 0 Å². The number of Topliss-reactive ketones (excluding diaryl/α,β-unsaturated/α-hetero) is 1. The van der Waals surface area contributed by atoms with Crippen molar-refractivity contribution in [3.8, 4) is 10.4 Å². The molecule has 0 atom stereocenters. The molecule has 0 bridgehead atoms. The van der Waals surface area contributed by atoms with Gasteiger partial charge in [0.05, 0.1) is 15.5 Å². The third kappa shape index (κ3) is 4.10. The van der Waals surface area contributed by atoms with Crippen molar-refractivity contribution in [3.63, 3.8) is 0 Å². The normalized spacial score (nSPS) is 11.3. The van der Waals surface area contributed by atoms with Crippen LogP contribution < -0.4 is 4.72 Å². The van der Waals surface area contributed by atoms with Gasteiger partial charge in [-0.05, 0) is 48.0 Å². The van der Waals surface area contributed by atoms with E-state index in [4.69, 9.17) is 23.2 Å². The molecule has 0 unspecified atom stereocenters. The second-order valence-electron chi connectivity index (χ2n) is 5.48. The number of rotatable bonds is 5. The van der Waals surface area contributed by atoms with E-state index in [1.807, 2.05) is 12.1 Å². The van der Waals surface area contributed by atoms with Gasteiger partial charge in [-0.1, -0.05) is 35.3 Å². The number of anilines is 1. The van der Waals surface area contributed by atoms with Crippen LogP contribution in [-0.2, 0) is 10.0 Å². The van der Waals surface area contributed by atoms with Crippen molar-refractivity contribution in [2.45, 2.75) is 11.8 Å². The zero-order chi connectivity index (χ0) is 18.9. The molecule has 1 heterocycles. The quantitative estimate of drug-likeness (QED) is 0.531. The highest BCUT2D eigenvalue weighted by Gasteiger charge is 2.20. The van der Waals surface area contributed by atoms with E-state index in [-0.39, 0.29) is 16.4 Å². The Morgan fingerprint density at radius 1 is 0.962 bits per heavy atom. The second-order valence-corrected chi connectivity index (χ2v) is 9.08. The number of ketones is 1. The van der Waals surface area contributed by atoms with Crippen LogP contribution in [0.1, 0.15) is 16.6 Å². The summed E-state index contributed by atoms with van der Waals surface area (Å²) in [5.41, 5.74) is 1.10. The Balaban J connectivity index is 2.00. The fourth-order valence-corrected chi connectivity index (χ4v) is 4.70. The summed E-state index contributed by atoms with van der Waals surface area (Å²) in [6.07, 6.45) is 0. The standard InChI is InChI=1S/C18H13Cl2NO3S2/c1-11(22)18-16(10-17(25-18)12-2-4-13(19)5-3-12)21-26(23,24)15-8-6-14(20)7-9-15/h2-10,21H,1H3. The molecule has 0 fully saturated rings. The van der Waals surface area contributed by atoms with Gasteiger partial charge in [0, 0.05) is 21.8 Å². The number of benzene rings is 2. The van der Waals surface area contributed by atoms with Crippen molar-refractivity contribution in [2.75, 3.05) is 4.72 Å². The molecule has 3 aromatic rings. The van der Waals surface area contributed by atoms with Gasteiger partial charge in [0.15, 0.2) is 5.78 Å². The molecule has 0 saturated carbocycles. The maximum atomic E-state index is 12.6. The number of hydrogen-bond donors (Lipinski definition) is 1. The van der Waals surface area contributed by atoms with E-state index >= 15 is 0 Å². The topological polar surface area (TPSA) is 63.2 Å². The molecule has 0 saturated heterocycles. The van der Waals surface area contributed by atoms with Crippen LogP contribution in [0, 0.1) is 0 Å². The average Bonchev–Trinajstić information content (AvgIpc) is 2.99. The van der Waals surface area contributed by atoms with Crippen LogP contribution in [0.2, 0.25) is 10.0 Å². The Hall–Kier alpha value is -1.86. The number of hydrogen-bond acceptors (Lipinski definition) is 4. The SMILES string of the molecule is CC(=O)c1sc(-c2ccc(Cl)cc2)cc1NS(=O)(=O)c1ccc(Cl)cc1. The first-order valence-corrected chi connectivity index (χ1v) is 10.5. The summed E-state index contributed by atoms with van der Waals surface area (Å²) < 4.78 is 27.7. The molecule has 3 rings (SSSR count). The van der Waals surface area contributed by atoms with Crippen molar-refractivity contribution in [3.05, 3.63) is 69.5 Å². The molecule has 1 aromatic heterocycles. The van der Waals surface area contributed by atoms with E-state index in [1.165, 1.54) is 42.5 Å². The molecule has 0 amide bonds. The lowest BCUT2D eigenvalue weighted by Gasteiger charge is -2.07. The van der Waals surface area contributed by atoms with Gasteiger partial charge in [0.1, 0.15) is 0 Å². The first-order chi connectivity index (χ1) is 12.3. The summed E-state index contributed by atoms with van der Waals surface area (Å²) in [6, 6.07) is 14.6. The number of thiophene rings is 1. The van der Waals surface area contributed by atoms with Crippen LogP contribution >= 0.6 is 34.5 Å². The predicted molar refractivity (Wildman–Crippen MR) is 107 cm³/mol. The molecule has 1 N–H and O–H groups in total. The van der Waals surface area contributed by atoms with E-state index in [1.54, 1.807) is 18.2 Å². The van der Waals surface area contributed by atoms with Gasteiger partial charge in [0.25, 0.3) is 10.0 Å². The van der Waals surface area contributed by atoms with Crippen molar-refractivity contribution < 1.29 is 13.2 Å². The predicted octanol–water partition coefficient (Wildman–Crippen LogP) is 5.73. The van der Waals surface area contributed by atoms with Gasteiger partial charge in [-0.3, -0.25) is 9.52 Å². The van der Waals surface area contributed by atoms with Gasteiger partial charge in [0.2, 0.25) is 0 Å². The van der Waals surface area contributed by atoms with Gasteiger partial charge in [-0.25, -0.2) is 8.42 Å². The minimum atomic E-state index is -3.84. The van der Waals surface area contributed by atoms with E-state index in [2.05, 4.69) is 4.72 Å². The number of carbonyl (C=O) groups excluding carboxylic acids is 1. The minimum absolute atomic E-state index is 0.0654. The van der Waals surface area contributed by atoms with E-state index in [0.717, 1.165) is 10.4 Å². The summed E-state index contributed by atoms with van der Waals surface area (Å²) in [6.45, 7) is 1.40. The van der Waals surface area contributed by atoms with E-state index < -0.39 is 10.0 Å². The van der Waals surface area contributed by atoms with Crippen LogP contribution in [0.15, 0.2) is 59.5 Å². The Morgan fingerprint density at radius 3 is 2.04 bits per heavy atom. The summed E-state index contributed by atoms with van der Waals surface area (Å²) in [5, 5.41) is 1.04. The largest absolute Gasteiger partial charge is 0.294 e. The highest BCUT2D eigenvalue weighted by Crippen LogP contribution is 2.36. The highest BCUT2D eigenvalue weighted by atomic mass is 35.5. The lowest BCUT2D eigenvalue weighted by Crippen LogP contribution is -2.13. The van der Waals surface area contributed by atoms with Crippen molar-refractivity contribution >= 4 is 56.0 Å². The van der Waals surface area contributed by atoms with Crippen LogP contribution in [0.4, 0.5) is 5.69 Å². The number of halogens is 2. The van der Waals surface area contributed by atoms with Crippen LogP contribution in [0.3, 0.4) is 0 Å². The van der Waals surface area contributed by atoms with Gasteiger partial charge < -0.3 is 0 Å². The summed E-state index contributed by atoms with van der Waals surface area (Å²) in [5.74, 6) is -0.219. The fraction of sp³-hybridized carbons (Fsp3) is 0.0556. The number of nitrogens with one attached hydrogen (secondary N) is 1. The third-order valence-corrected chi connectivity index (χ3v) is 6.72. The molecule has 0 aliphatic carbocycles. The molecule has 2 aromatic carbocycles. The molecule has 4 nitrogen and oxygen atoms in total. The molecule has 0 radical (unpaired) electrons. The van der Waals surface area contributed by atoms with Crippen LogP contribution in [-0.4, -0.2) is 14.2 Å². The highest BCUT2D eigenvalue weighted by molar-refractivity contribution is 7.92. The Kier molecular flexibility index (Phi) is 5.39. The maximum absolute atomic E-state index is 12.6. The smallest absolute Gasteiger partial charge is 0.261 e. The Labute approximate surface area is 165 Å². The van der Waals surface area contributed by atoms with E-state index in [9.17, 15) is 13.2 Å². The molecule has 0 aliphatic rings. The number of carbonyl (C=O) groups is 1. The summed E-state index contributed by atoms with van der Waals surface area (Å²) in [7, 11) is -3.84. The second kappa shape index (κ2) is 7.40. The average molecular weight is 426 g/mol. The Morgan fingerprint density at radius 2 is 1.50 bits per heavy atom. The third-order valence-electron chi connectivity index (χ3n) is 3.55. The minimum Gasteiger partial charge on any atom is -0.294 e. The first kappa shape index (κ1) is 18.9. The zero-order valence-electron chi connectivity index (χ0n) is 13.5. The first-order valence-electron chi connectivity index (χ1n) is 7.45. The molecular weight excluding hydrogens is 413 g/mol. The monoisotopic (exact) mass is 425 g/mol. The zero-order valence-corrected chi connectivity index (χ0v) is 16.6. The van der Waals surface area contributed by atoms with E-state index in [0.29, 0.717) is 14.9 Å². The summed E-state index contributed by atoms with van der Waals surface area (Å²) >= 11 is 12.9. The number of sulfonamides is 1. The van der Waals surface area contributed by atoms with Crippen molar-refractivity contribution in [2.24, 2.45) is 0 Å². The van der Waals surface area contributed by atoms with Crippen LogP contribution in [0.5, 0.6) is 0 Å². The summed E-state index contributed by atoms with van der Waals surface area (Å²) in [4.78, 5) is 13.1. The molecule has 8 heteroatoms. The molecule has 0 aliphatic heterocycles. The lowest BCUT2D eigenvalue weighted by atomic mass is 10.2. The van der Waals surface area contributed by atoms with Gasteiger partial charge >= 0.3 is 0 Å². The Bertz CT molecular complexity index is 1060. The van der Waals surface area contributed by atoms with Crippen molar-refractivity contribution in [1.82, 2.24) is 0 Å². The fourth-order valence-electron chi connectivity index (χ4n) is 2.30. The van der Waals surface area contributed by atoms with Crippen LogP contribution in [0.25, 0.3) is 10.4 Å². The molecule has 26 heavy (non-hydrogen) atoms. The molecule has 134 valence electrons. The lowest BCUT2D eigenvalue weighted by molar-refractivity contribution is 0.102. The van der Waals surface area contributed by atoms with Crippen molar-refractivity contribution in [1.29, 1.82) is 0 Å². The maximum Gasteiger partial charge on any atom is 0.261 e. The molecular formula is C18H13Cl2NO3S2. The van der Waals surface area contributed by atoms with Gasteiger partial charge in [-0.15, -0.1) is 11.3 Å². The molecule has 0 spiro atoms.